The third-order valence-electron chi connectivity index (χ3n) is 2.78. The highest BCUT2D eigenvalue weighted by Gasteiger charge is 2.05. The van der Waals surface area contributed by atoms with Gasteiger partial charge in [0.1, 0.15) is 0 Å². The second-order valence-corrected chi connectivity index (χ2v) is 4.96. The molecule has 4 heteroatoms. The molecule has 1 aromatic carbocycles. The summed E-state index contributed by atoms with van der Waals surface area (Å²) in [4.78, 5) is 4.37. The van der Waals surface area contributed by atoms with Gasteiger partial charge in [-0.05, 0) is 31.2 Å². The molecular weight excluding hydrogens is 302 g/mol. The fourth-order valence-electron chi connectivity index (χ4n) is 1.97. The van der Waals surface area contributed by atoms with E-state index >= 15 is 0 Å². The number of rotatable bonds is 1. The fourth-order valence-corrected chi connectivity index (χ4v) is 2.32. The van der Waals surface area contributed by atoms with Crippen molar-refractivity contribution in [3.05, 3.63) is 52.9 Å². The topological polar surface area (TPSA) is 30.7 Å². The smallest absolute Gasteiger partial charge is 0.0755 e. The number of hydrogen-bond donors (Lipinski definition) is 0. The standard InChI is InChI=1S/C15H10BrN3/c1-2-3-11-9-18-19(10-11)15-6-7-17-14-8-12(16)4-5-13(14)15/h4-10H,1H3. The molecule has 19 heavy (non-hydrogen) atoms. The number of fused-ring (bicyclic) bond motifs is 1. The summed E-state index contributed by atoms with van der Waals surface area (Å²) in [7, 11) is 0. The van der Waals surface area contributed by atoms with Crippen LogP contribution in [0, 0.1) is 11.8 Å². The Kier molecular flexibility index (Phi) is 3.06. The highest BCUT2D eigenvalue weighted by atomic mass is 79.9. The van der Waals surface area contributed by atoms with Gasteiger partial charge in [0.2, 0.25) is 0 Å². The van der Waals surface area contributed by atoms with E-state index in [9.17, 15) is 0 Å². The minimum Gasteiger partial charge on any atom is -0.256 e. The lowest BCUT2D eigenvalue weighted by molar-refractivity contribution is 0.886. The predicted octanol–water partition coefficient (Wildman–Crippen LogP) is 3.55. The second-order valence-electron chi connectivity index (χ2n) is 4.04. The van der Waals surface area contributed by atoms with Crippen LogP contribution in [-0.4, -0.2) is 14.8 Å². The Balaban J connectivity index is 2.20. The molecule has 0 N–H and O–H groups in total. The van der Waals surface area contributed by atoms with Crippen molar-refractivity contribution >= 4 is 26.8 Å². The van der Waals surface area contributed by atoms with Gasteiger partial charge in [-0.15, -0.1) is 5.92 Å². The summed E-state index contributed by atoms with van der Waals surface area (Å²) >= 11 is 3.46. The molecule has 0 saturated carbocycles. The number of pyridine rings is 1. The number of halogens is 1. The third kappa shape index (κ3) is 2.25. The number of hydrogen-bond acceptors (Lipinski definition) is 2. The van der Waals surface area contributed by atoms with Gasteiger partial charge < -0.3 is 0 Å². The Bertz CT molecular complexity index is 809. The van der Waals surface area contributed by atoms with E-state index in [1.54, 1.807) is 12.4 Å². The number of nitrogens with zero attached hydrogens (tertiary/aromatic N) is 3. The largest absolute Gasteiger partial charge is 0.256 e. The van der Waals surface area contributed by atoms with Gasteiger partial charge in [0.15, 0.2) is 0 Å². The van der Waals surface area contributed by atoms with Gasteiger partial charge in [0.25, 0.3) is 0 Å². The van der Waals surface area contributed by atoms with Crippen LogP contribution >= 0.6 is 15.9 Å². The van der Waals surface area contributed by atoms with E-state index in [4.69, 9.17) is 0 Å². The van der Waals surface area contributed by atoms with Gasteiger partial charge in [-0.3, -0.25) is 4.98 Å². The zero-order chi connectivity index (χ0) is 13.2. The summed E-state index contributed by atoms with van der Waals surface area (Å²) in [5.74, 6) is 5.87. The highest BCUT2D eigenvalue weighted by Crippen LogP contribution is 2.23. The lowest BCUT2D eigenvalue weighted by Gasteiger charge is -2.05. The predicted molar refractivity (Wildman–Crippen MR) is 79.1 cm³/mol. The van der Waals surface area contributed by atoms with Crippen LogP contribution in [0.4, 0.5) is 0 Å². The first-order valence-electron chi connectivity index (χ1n) is 5.80. The van der Waals surface area contributed by atoms with E-state index in [1.807, 2.05) is 42.1 Å². The summed E-state index contributed by atoms with van der Waals surface area (Å²) in [6.07, 6.45) is 5.48. The molecule has 0 atom stereocenters. The second kappa shape index (κ2) is 4.87. The van der Waals surface area contributed by atoms with E-state index in [2.05, 4.69) is 37.9 Å². The van der Waals surface area contributed by atoms with Gasteiger partial charge >= 0.3 is 0 Å². The average molecular weight is 312 g/mol. The van der Waals surface area contributed by atoms with E-state index in [0.29, 0.717) is 0 Å². The van der Waals surface area contributed by atoms with Crippen molar-refractivity contribution in [1.29, 1.82) is 0 Å². The number of benzene rings is 1. The lowest BCUT2D eigenvalue weighted by Crippen LogP contribution is -1.96. The van der Waals surface area contributed by atoms with Crippen molar-refractivity contribution < 1.29 is 0 Å². The Morgan fingerprint density at radius 3 is 3.00 bits per heavy atom. The summed E-state index contributed by atoms with van der Waals surface area (Å²) in [5, 5.41) is 5.41. The zero-order valence-electron chi connectivity index (χ0n) is 10.3. The number of aromatic nitrogens is 3. The van der Waals surface area contributed by atoms with E-state index in [1.165, 1.54) is 0 Å². The van der Waals surface area contributed by atoms with Crippen LogP contribution in [0.5, 0.6) is 0 Å². The SMILES string of the molecule is CC#Cc1cnn(-c2ccnc3cc(Br)ccc23)c1. The molecule has 0 spiro atoms. The molecule has 0 bridgehead atoms. The van der Waals surface area contributed by atoms with Crippen molar-refractivity contribution in [2.24, 2.45) is 0 Å². The molecule has 0 aliphatic carbocycles. The summed E-state index contributed by atoms with van der Waals surface area (Å²) in [5.41, 5.74) is 2.84. The van der Waals surface area contributed by atoms with E-state index in [-0.39, 0.29) is 0 Å². The summed E-state index contributed by atoms with van der Waals surface area (Å²) in [6, 6.07) is 7.99. The Morgan fingerprint density at radius 2 is 2.16 bits per heavy atom. The fraction of sp³-hybridized carbons (Fsp3) is 0.0667. The minimum atomic E-state index is 0.907. The maximum Gasteiger partial charge on any atom is 0.0755 e. The molecule has 3 rings (SSSR count). The Labute approximate surface area is 119 Å². The van der Waals surface area contributed by atoms with Crippen LogP contribution in [-0.2, 0) is 0 Å². The minimum absolute atomic E-state index is 0.907. The monoisotopic (exact) mass is 311 g/mol. The maximum atomic E-state index is 4.37. The van der Waals surface area contributed by atoms with Crippen LogP contribution < -0.4 is 0 Å². The molecule has 0 aliphatic heterocycles. The molecular formula is C15H10BrN3. The molecule has 2 heterocycles. The maximum absolute atomic E-state index is 4.37. The average Bonchev–Trinajstić information content (AvgIpc) is 2.86. The first kappa shape index (κ1) is 11.9. The molecule has 0 radical (unpaired) electrons. The Morgan fingerprint density at radius 1 is 1.26 bits per heavy atom. The Hall–Kier alpha value is -2.12. The molecule has 0 unspecified atom stereocenters. The normalized spacial score (nSPS) is 10.2. The third-order valence-corrected chi connectivity index (χ3v) is 3.27. The highest BCUT2D eigenvalue weighted by molar-refractivity contribution is 9.10. The molecule has 92 valence electrons. The van der Waals surface area contributed by atoms with Gasteiger partial charge in [0, 0.05) is 22.3 Å². The molecule has 0 aliphatic rings. The van der Waals surface area contributed by atoms with Crippen LogP contribution in [0.25, 0.3) is 16.6 Å². The van der Waals surface area contributed by atoms with Crippen molar-refractivity contribution in [2.45, 2.75) is 6.92 Å². The first-order chi connectivity index (χ1) is 9.28. The van der Waals surface area contributed by atoms with Gasteiger partial charge in [-0.2, -0.15) is 5.10 Å². The van der Waals surface area contributed by atoms with Gasteiger partial charge in [-0.25, -0.2) is 4.68 Å². The van der Waals surface area contributed by atoms with E-state index < -0.39 is 0 Å². The molecule has 3 aromatic rings. The quantitative estimate of drug-likeness (QED) is 0.643. The lowest BCUT2D eigenvalue weighted by atomic mass is 10.2. The molecule has 0 saturated heterocycles. The summed E-state index contributed by atoms with van der Waals surface area (Å²) in [6.45, 7) is 1.82. The van der Waals surface area contributed by atoms with Crippen LogP contribution in [0.2, 0.25) is 0 Å². The molecule has 2 aromatic heterocycles. The molecule has 3 nitrogen and oxygen atoms in total. The zero-order valence-corrected chi connectivity index (χ0v) is 11.8. The van der Waals surface area contributed by atoms with Crippen LogP contribution in [0.1, 0.15) is 12.5 Å². The van der Waals surface area contributed by atoms with Crippen molar-refractivity contribution in [3.63, 3.8) is 0 Å². The van der Waals surface area contributed by atoms with Gasteiger partial charge in [0.05, 0.1) is 23.0 Å². The van der Waals surface area contributed by atoms with Crippen molar-refractivity contribution in [2.75, 3.05) is 0 Å². The van der Waals surface area contributed by atoms with Gasteiger partial charge in [-0.1, -0.05) is 21.9 Å². The van der Waals surface area contributed by atoms with E-state index in [0.717, 1.165) is 26.6 Å². The van der Waals surface area contributed by atoms with Crippen LogP contribution in [0.15, 0.2) is 47.3 Å². The van der Waals surface area contributed by atoms with Crippen molar-refractivity contribution in [1.82, 2.24) is 14.8 Å². The summed E-state index contributed by atoms with van der Waals surface area (Å²) < 4.78 is 2.85. The van der Waals surface area contributed by atoms with Crippen LogP contribution in [0.3, 0.4) is 0 Å². The molecule has 0 fully saturated rings. The molecule has 0 amide bonds. The first-order valence-corrected chi connectivity index (χ1v) is 6.59. The van der Waals surface area contributed by atoms with Crippen molar-refractivity contribution in [3.8, 4) is 17.5 Å².